The molecule has 0 bridgehead atoms. The van der Waals surface area contributed by atoms with Gasteiger partial charge in [-0.2, -0.15) is 26.3 Å². The first kappa shape index (κ1) is 36.1. The lowest BCUT2D eigenvalue weighted by Crippen LogP contribution is -2.03. The van der Waals surface area contributed by atoms with Crippen molar-refractivity contribution in [2.45, 2.75) is 12.4 Å². The minimum Gasteiger partial charge on any atom is -0.478 e. The maximum atomic E-state index is 12.8. The molecule has 0 unspecified atom stereocenters. The number of aryl methyl sites for hydroxylation is 2. The highest BCUT2D eigenvalue weighted by Gasteiger charge is 2.32. The predicted molar refractivity (Wildman–Crippen MR) is 191 cm³/mol. The summed E-state index contributed by atoms with van der Waals surface area (Å²) < 4.78 is 81.3. The van der Waals surface area contributed by atoms with E-state index in [4.69, 9.17) is 10.2 Å². The van der Waals surface area contributed by atoms with Crippen molar-refractivity contribution in [3.63, 3.8) is 0 Å². The van der Waals surface area contributed by atoms with Gasteiger partial charge in [0.1, 0.15) is 0 Å². The van der Waals surface area contributed by atoms with Gasteiger partial charge < -0.3 is 30.0 Å². The third-order valence-electron chi connectivity index (χ3n) is 8.12. The molecule has 0 fully saturated rings. The van der Waals surface area contributed by atoms with Gasteiger partial charge in [-0.15, -0.1) is 0 Å². The number of thiazole rings is 2. The number of aromatic carboxylic acids is 2. The lowest BCUT2D eigenvalue weighted by atomic mass is 10.2. The molecule has 54 heavy (non-hydrogen) atoms. The van der Waals surface area contributed by atoms with Gasteiger partial charge in [-0.25, -0.2) is 29.5 Å². The Morgan fingerprint density at radius 3 is 1.31 bits per heavy atom. The number of fused-ring (bicyclic) bond motifs is 4. The summed E-state index contributed by atoms with van der Waals surface area (Å²) in [6.45, 7) is 0. The number of alkyl halides is 6. The van der Waals surface area contributed by atoms with E-state index in [1.165, 1.54) is 36.4 Å². The molecular weight excluding hydrogens is 763 g/mol. The van der Waals surface area contributed by atoms with Crippen LogP contribution in [0.3, 0.4) is 0 Å². The van der Waals surface area contributed by atoms with E-state index in [1.54, 1.807) is 35.4 Å². The maximum absolute atomic E-state index is 12.8. The van der Waals surface area contributed by atoms with E-state index in [0.29, 0.717) is 64.7 Å². The number of benzene rings is 4. The standard InChI is InChI=1S/2C17H11F3N4O2S/c2*1-24-12-5-2-8(14(25)26)6-11(12)21-15(24)23-16-22-10-4-3-9(17(18,19)20)7-13(10)27-16/h2*2-7H,1H3,(H,25,26)(H,21,22,23). The third kappa shape index (κ3) is 7.07. The number of carboxylic acid groups (broad SMARTS) is 2. The number of hydrogen-bond donors (Lipinski definition) is 4. The van der Waals surface area contributed by atoms with Crippen molar-refractivity contribution in [2.75, 3.05) is 10.6 Å². The first-order valence-electron chi connectivity index (χ1n) is 15.3. The molecule has 4 heterocycles. The van der Waals surface area contributed by atoms with Gasteiger partial charge in [0.2, 0.25) is 11.9 Å². The molecule has 0 amide bonds. The molecule has 0 radical (unpaired) electrons. The van der Waals surface area contributed by atoms with Crippen LogP contribution in [0.15, 0.2) is 72.8 Å². The zero-order chi connectivity index (χ0) is 38.7. The van der Waals surface area contributed by atoms with Gasteiger partial charge in [-0.3, -0.25) is 0 Å². The lowest BCUT2D eigenvalue weighted by Gasteiger charge is -2.04. The molecule has 8 rings (SSSR count). The summed E-state index contributed by atoms with van der Waals surface area (Å²) in [5.41, 5.74) is 2.07. The summed E-state index contributed by atoms with van der Waals surface area (Å²) in [5, 5.41) is 24.9. The molecule has 20 heteroatoms. The number of hydrogen-bond acceptors (Lipinski definition) is 10. The Labute approximate surface area is 306 Å². The van der Waals surface area contributed by atoms with E-state index in [2.05, 4.69) is 30.6 Å². The molecular formula is C34H22F6N8O4S2. The van der Waals surface area contributed by atoms with Gasteiger partial charge in [0.25, 0.3) is 0 Å². The molecule has 0 aliphatic rings. The largest absolute Gasteiger partial charge is 0.478 e. The molecule has 4 N–H and O–H groups in total. The summed E-state index contributed by atoms with van der Waals surface area (Å²) >= 11 is 2.16. The number of carbonyl (C=O) groups is 2. The number of anilines is 4. The maximum Gasteiger partial charge on any atom is 0.416 e. The molecule has 0 saturated heterocycles. The summed E-state index contributed by atoms with van der Waals surface area (Å²) in [6.07, 6.45) is -8.82. The van der Waals surface area contributed by atoms with Crippen LogP contribution in [-0.2, 0) is 26.4 Å². The van der Waals surface area contributed by atoms with E-state index < -0.39 is 35.4 Å². The average molecular weight is 785 g/mol. The highest BCUT2D eigenvalue weighted by Crippen LogP contribution is 2.37. The van der Waals surface area contributed by atoms with Crippen molar-refractivity contribution >= 4 is 99.3 Å². The number of rotatable bonds is 6. The van der Waals surface area contributed by atoms with Gasteiger partial charge >= 0.3 is 24.3 Å². The van der Waals surface area contributed by atoms with Crippen LogP contribution in [0, 0.1) is 0 Å². The van der Waals surface area contributed by atoms with E-state index in [9.17, 15) is 35.9 Å². The summed E-state index contributed by atoms with van der Waals surface area (Å²) in [7, 11) is 3.49. The molecule has 0 spiro atoms. The number of carboxylic acids is 2. The fraction of sp³-hybridized carbons (Fsp3) is 0.118. The summed E-state index contributed by atoms with van der Waals surface area (Å²) in [5.74, 6) is -1.29. The van der Waals surface area contributed by atoms with Crippen LogP contribution in [0.2, 0.25) is 0 Å². The smallest absolute Gasteiger partial charge is 0.416 e. The van der Waals surface area contributed by atoms with Gasteiger partial charge in [0.15, 0.2) is 10.3 Å². The normalized spacial score (nSPS) is 12.0. The first-order valence-corrected chi connectivity index (χ1v) is 17.0. The topological polar surface area (TPSA) is 160 Å². The second kappa shape index (κ2) is 13.3. The van der Waals surface area contributed by atoms with Crippen molar-refractivity contribution in [1.29, 1.82) is 0 Å². The van der Waals surface area contributed by atoms with Crippen molar-refractivity contribution < 1.29 is 46.1 Å². The van der Waals surface area contributed by atoms with Crippen LogP contribution < -0.4 is 10.6 Å². The summed E-state index contributed by atoms with van der Waals surface area (Å²) in [4.78, 5) is 39.4. The molecule has 4 aromatic heterocycles. The van der Waals surface area contributed by atoms with Crippen LogP contribution in [0.5, 0.6) is 0 Å². The fourth-order valence-electron chi connectivity index (χ4n) is 5.39. The fourth-order valence-corrected chi connectivity index (χ4v) is 7.19. The number of nitrogens with one attached hydrogen (secondary N) is 2. The first-order chi connectivity index (χ1) is 25.4. The van der Waals surface area contributed by atoms with Gasteiger partial charge in [0.05, 0.1) is 64.8 Å². The number of halogens is 6. The Balaban J connectivity index is 0.000000167. The molecule has 12 nitrogen and oxygen atoms in total. The average Bonchev–Trinajstić information content (AvgIpc) is 3.86. The Hall–Kier alpha value is -6.28. The Morgan fingerprint density at radius 2 is 0.963 bits per heavy atom. The van der Waals surface area contributed by atoms with Crippen molar-refractivity contribution in [3.05, 3.63) is 95.1 Å². The zero-order valence-corrected chi connectivity index (χ0v) is 29.0. The van der Waals surface area contributed by atoms with E-state index in [-0.39, 0.29) is 11.1 Å². The highest BCUT2D eigenvalue weighted by molar-refractivity contribution is 7.22. The van der Waals surface area contributed by atoms with Crippen LogP contribution >= 0.6 is 22.7 Å². The molecule has 0 atom stereocenters. The van der Waals surface area contributed by atoms with E-state index in [0.717, 1.165) is 46.9 Å². The minimum absolute atomic E-state index is 0.117. The van der Waals surface area contributed by atoms with E-state index in [1.807, 2.05) is 0 Å². The number of aromatic nitrogens is 6. The molecule has 8 aromatic rings. The van der Waals surface area contributed by atoms with Crippen LogP contribution in [0.1, 0.15) is 31.8 Å². The predicted octanol–water partition coefficient (Wildman–Crippen LogP) is 9.29. The minimum atomic E-state index is -4.41. The van der Waals surface area contributed by atoms with Gasteiger partial charge in [-0.1, -0.05) is 22.7 Å². The van der Waals surface area contributed by atoms with Crippen LogP contribution in [0.25, 0.3) is 42.5 Å². The van der Waals surface area contributed by atoms with Crippen LogP contribution in [-0.4, -0.2) is 51.2 Å². The monoisotopic (exact) mass is 784 g/mol. The van der Waals surface area contributed by atoms with Crippen molar-refractivity contribution in [2.24, 2.45) is 14.1 Å². The number of nitrogens with zero attached hydrogens (tertiary/aromatic N) is 6. The lowest BCUT2D eigenvalue weighted by molar-refractivity contribution is -0.138. The quantitative estimate of drug-likeness (QED) is 0.120. The summed E-state index contributed by atoms with van der Waals surface area (Å²) in [6, 6.07) is 15.9. The molecule has 0 saturated carbocycles. The zero-order valence-electron chi connectivity index (χ0n) is 27.4. The van der Waals surface area contributed by atoms with Crippen molar-refractivity contribution in [1.82, 2.24) is 29.1 Å². The highest BCUT2D eigenvalue weighted by atomic mass is 32.1. The van der Waals surface area contributed by atoms with Crippen LogP contribution in [0.4, 0.5) is 48.5 Å². The Bertz CT molecular complexity index is 2580. The Kier molecular flexibility index (Phi) is 8.88. The molecule has 0 aliphatic carbocycles. The SMILES string of the molecule is Cn1c(Nc2nc3ccc(C(F)(F)F)cc3s2)nc2cc(C(=O)O)ccc21.Cn1c(Nc2nc3ccc(C(F)(F)F)cc3s2)nc2cc(C(=O)O)ccc21. The second-order valence-corrected chi connectivity index (χ2v) is 13.7. The second-order valence-electron chi connectivity index (χ2n) is 11.7. The number of imidazole rings is 2. The molecule has 0 aliphatic heterocycles. The molecule has 4 aromatic carbocycles. The molecule has 276 valence electrons. The van der Waals surface area contributed by atoms with Crippen molar-refractivity contribution in [3.8, 4) is 0 Å². The Morgan fingerprint density at radius 1 is 0.574 bits per heavy atom. The van der Waals surface area contributed by atoms with Gasteiger partial charge in [0, 0.05) is 14.1 Å². The van der Waals surface area contributed by atoms with Gasteiger partial charge in [-0.05, 0) is 72.8 Å². The third-order valence-corrected chi connectivity index (χ3v) is 9.99. The van der Waals surface area contributed by atoms with E-state index >= 15 is 0 Å².